The first-order valence-corrected chi connectivity index (χ1v) is 9.80. The molecule has 0 bridgehead atoms. The smallest absolute Gasteiger partial charge is 0.285 e. The zero-order valence-corrected chi connectivity index (χ0v) is 17.0. The molecule has 2 aromatic carbocycles. The van der Waals surface area contributed by atoms with Crippen molar-refractivity contribution < 1.29 is 19.4 Å². The molecule has 0 spiro atoms. The van der Waals surface area contributed by atoms with Gasteiger partial charge in [0.25, 0.3) is 11.8 Å². The summed E-state index contributed by atoms with van der Waals surface area (Å²) < 4.78 is 5.55. The van der Waals surface area contributed by atoms with Crippen molar-refractivity contribution in [3.63, 3.8) is 0 Å². The fourth-order valence-electron chi connectivity index (χ4n) is 2.41. The van der Waals surface area contributed by atoms with E-state index in [2.05, 4.69) is 5.43 Å². The number of amides is 2. The van der Waals surface area contributed by atoms with E-state index in [4.69, 9.17) is 28.6 Å². The summed E-state index contributed by atoms with van der Waals surface area (Å²) in [6, 6.07) is 11.6. The van der Waals surface area contributed by atoms with Gasteiger partial charge in [0.05, 0.1) is 16.5 Å². The molecule has 0 unspecified atom stereocenters. The van der Waals surface area contributed by atoms with Gasteiger partial charge in [-0.3, -0.25) is 15.0 Å². The van der Waals surface area contributed by atoms with Gasteiger partial charge in [-0.2, -0.15) is 5.01 Å². The van der Waals surface area contributed by atoms with Gasteiger partial charge in [-0.1, -0.05) is 41.6 Å². The minimum atomic E-state index is -0.457. The molecule has 1 heterocycles. The van der Waals surface area contributed by atoms with E-state index in [1.54, 1.807) is 49.4 Å². The molecule has 0 aromatic heterocycles. The summed E-state index contributed by atoms with van der Waals surface area (Å²) in [6.45, 7) is 2.13. The zero-order valence-electron chi connectivity index (χ0n) is 14.6. The number of nitrogens with zero attached hydrogens (tertiary/aromatic N) is 1. The third-order valence-corrected chi connectivity index (χ3v) is 5.28. The Morgan fingerprint density at radius 3 is 2.75 bits per heavy atom. The normalized spacial score (nSPS) is 15.2. The number of phenolic OH excluding ortho intramolecular Hbond substituents is 1. The first-order valence-electron chi connectivity index (χ1n) is 8.20. The summed E-state index contributed by atoms with van der Waals surface area (Å²) in [5.74, 6) is -0.844. The second-order valence-electron chi connectivity index (χ2n) is 5.61. The number of thioether (sulfide) groups is 1. The van der Waals surface area contributed by atoms with Crippen LogP contribution in [-0.2, 0) is 4.79 Å². The van der Waals surface area contributed by atoms with E-state index in [0.29, 0.717) is 22.6 Å². The Labute approximate surface area is 176 Å². The average Bonchev–Trinajstić information content (AvgIpc) is 2.94. The molecule has 2 amide bonds. The highest BCUT2D eigenvalue weighted by Crippen LogP contribution is 2.38. The molecule has 1 saturated heterocycles. The second kappa shape index (κ2) is 8.64. The van der Waals surface area contributed by atoms with E-state index >= 15 is 0 Å². The second-order valence-corrected chi connectivity index (χ2v) is 7.69. The minimum absolute atomic E-state index is 0.102. The largest absolute Gasteiger partial charge is 0.503 e. The number of hydrazine groups is 1. The Morgan fingerprint density at radius 1 is 1.36 bits per heavy atom. The Bertz CT molecular complexity index is 979. The molecule has 0 saturated carbocycles. The van der Waals surface area contributed by atoms with E-state index in [0.717, 1.165) is 16.8 Å². The van der Waals surface area contributed by atoms with Crippen LogP contribution in [0.4, 0.5) is 0 Å². The number of rotatable bonds is 5. The fraction of sp³-hybridized carbons (Fsp3) is 0.105. The van der Waals surface area contributed by atoms with Crippen molar-refractivity contribution in [2.24, 2.45) is 0 Å². The van der Waals surface area contributed by atoms with Crippen LogP contribution in [0.2, 0.25) is 5.02 Å². The molecular weight excluding hydrogens is 420 g/mol. The van der Waals surface area contributed by atoms with Crippen LogP contribution in [0.25, 0.3) is 6.08 Å². The number of phenols is 1. The van der Waals surface area contributed by atoms with Crippen molar-refractivity contribution in [3.8, 4) is 11.5 Å². The highest BCUT2D eigenvalue weighted by Gasteiger charge is 2.33. The summed E-state index contributed by atoms with van der Waals surface area (Å²) in [5.41, 5.74) is 3.48. The number of benzene rings is 2. The van der Waals surface area contributed by atoms with Crippen LogP contribution in [0.5, 0.6) is 11.5 Å². The van der Waals surface area contributed by atoms with Gasteiger partial charge in [-0.25, -0.2) is 0 Å². The van der Waals surface area contributed by atoms with Gasteiger partial charge in [0.1, 0.15) is 0 Å². The van der Waals surface area contributed by atoms with Gasteiger partial charge in [0.2, 0.25) is 0 Å². The van der Waals surface area contributed by atoms with Crippen LogP contribution >= 0.6 is 35.6 Å². The molecule has 0 atom stereocenters. The first-order chi connectivity index (χ1) is 13.4. The summed E-state index contributed by atoms with van der Waals surface area (Å²) in [6.07, 6.45) is 1.57. The predicted octanol–water partition coefficient (Wildman–Crippen LogP) is 3.99. The van der Waals surface area contributed by atoms with E-state index in [9.17, 15) is 14.7 Å². The van der Waals surface area contributed by atoms with E-state index < -0.39 is 11.8 Å². The zero-order chi connectivity index (χ0) is 20.3. The van der Waals surface area contributed by atoms with Gasteiger partial charge in [-0.05, 0) is 55.0 Å². The Balaban J connectivity index is 1.82. The number of nitrogens with one attached hydrogen (secondary N) is 1. The van der Waals surface area contributed by atoms with Gasteiger partial charge in [0, 0.05) is 5.56 Å². The lowest BCUT2D eigenvalue weighted by Crippen LogP contribution is -2.44. The number of halogens is 1. The molecule has 3 rings (SSSR count). The van der Waals surface area contributed by atoms with Crippen molar-refractivity contribution in [2.45, 2.75) is 6.92 Å². The molecule has 1 aliphatic heterocycles. The highest BCUT2D eigenvalue weighted by molar-refractivity contribution is 8.26. The number of ether oxygens (including phenoxy) is 1. The van der Waals surface area contributed by atoms with Gasteiger partial charge in [-0.15, -0.1) is 0 Å². The molecule has 0 radical (unpaired) electrons. The summed E-state index contributed by atoms with van der Waals surface area (Å²) >= 11 is 12.3. The predicted molar refractivity (Wildman–Crippen MR) is 113 cm³/mol. The Morgan fingerprint density at radius 2 is 2.07 bits per heavy atom. The molecular formula is C19H15ClN2O4S2. The summed E-state index contributed by atoms with van der Waals surface area (Å²) in [4.78, 5) is 25.3. The van der Waals surface area contributed by atoms with Crippen molar-refractivity contribution in [1.29, 1.82) is 0 Å². The lowest BCUT2D eigenvalue weighted by atomic mass is 10.2. The molecule has 1 aliphatic rings. The first kappa shape index (κ1) is 20.2. The lowest BCUT2D eigenvalue weighted by molar-refractivity contribution is -0.123. The molecule has 28 heavy (non-hydrogen) atoms. The minimum Gasteiger partial charge on any atom is -0.503 e. The fourth-order valence-corrected chi connectivity index (χ4v) is 3.81. The van der Waals surface area contributed by atoms with Gasteiger partial charge < -0.3 is 9.84 Å². The van der Waals surface area contributed by atoms with Crippen LogP contribution < -0.4 is 10.2 Å². The Kier molecular flexibility index (Phi) is 6.23. The van der Waals surface area contributed by atoms with Gasteiger partial charge >= 0.3 is 0 Å². The maximum absolute atomic E-state index is 12.7. The maximum Gasteiger partial charge on any atom is 0.285 e. The van der Waals surface area contributed by atoms with Crippen LogP contribution in [0.3, 0.4) is 0 Å². The standard InChI is InChI=1S/C19H15ClN2O4S2/c1-2-26-14-9-11(8-13(20)16(14)23)10-15-18(25)22(19(27)28-15)21-17(24)12-6-4-3-5-7-12/h3-10,23H,2H2,1H3,(H,21,24)/b15-10-. The molecule has 6 nitrogen and oxygen atoms in total. The topological polar surface area (TPSA) is 78.9 Å². The van der Waals surface area contributed by atoms with Crippen molar-refractivity contribution in [1.82, 2.24) is 10.4 Å². The van der Waals surface area contributed by atoms with E-state index in [-0.39, 0.29) is 20.8 Å². The number of aromatic hydroxyl groups is 1. The number of carbonyl (C=O) groups is 2. The molecule has 0 aliphatic carbocycles. The van der Waals surface area contributed by atoms with Crippen LogP contribution in [0.1, 0.15) is 22.8 Å². The van der Waals surface area contributed by atoms with Crippen LogP contribution in [0, 0.1) is 0 Å². The van der Waals surface area contributed by atoms with Crippen LogP contribution in [-0.4, -0.2) is 32.9 Å². The molecule has 2 aromatic rings. The van der Waals surface area contributed by atoms with E-state index in [1.807, 2.05) is 0 Å². The number of carbonyl (C=O) groups excluding carboxylic acids is 2. The summed E-state index contributed by atoms with van der Waals surface area (Å²) in [7, 11) is 0. The van der Waals surface area contributed by atoms with E-state index in [1.165, 1.54) is 6.07 Å². The highest BCUT2D eigenvalue weighted by atomic mass is 35.5. The quantitative estimate of drug-likeness (QED) is 0.547. The number of thiocarbonyl (C=S) groups is 1. The Hall–Kier alpha value is -2.55. The van der Waals surface area contributed by atoms with Crippen molar-refractivity contribution >= 4 is 57.8 Å². The van der Waals surface area contributed by atoms with Crippen LogP contribution in [0.15, 0.2) is 47.4 Å². The average molecular weight is 435 g/mol. The molecule has 2 N–H and O–H groups in total. The monoisotopic (exact) mass is 434 g/mol. The van der Waals surface area contributed by atoms with Crippen molar-refractivity contribution in [2.75, 3.05) is 6.61 Å². The SMILES string of the molecule is CCOc1cc(/C=C2\SC(=S)N(NC(=O)c3ccccc3)C2=O)cc(Cl)c1O. The lowest BCUT2D eigenvalue weighted by Gasteiger charge is -2.15. The maximum atomic E-state index is 12.7. The summed E-state index contributed by atoms with van der Waals surface area (Å²) in [5, 5.41) is 11.1. The van der Waals surface area contributed by atoms with Crippen molar-refractivity contribution in [3.05, 3.63) is 63.5 Å². The molecule has 9 heteroatoms. The van der Waals surface area contributed by atoms with Gasteiger partial charge in [0.15, 0.2) is 15.8 Å². The number of hydrogen-bond acceptors (Lipinski definition) is 6. The molecule has 1 fully saturated rings. The molecule has 144 valence electrons. The number of hydrogen-bond donors (Lipinski definition) is 2. The third kappa shape index (κ3) is 4.30. The third-order valence-electron chi connectivity index (χ3n) is 3.69.